The van der Waals surface area contributed by atoms with Crippen LogP contribution in [0.3, 0.4) is 0 Å². The maximum Gasteiger partial charge on any atom is 0.242 e. The van der Waals surface area contributed by atoms with Crippen molar-refractivity contribution >= 4 is 31.6 Å². The average Bonchev–Trinajstić information content (AvgIpc) is 2.70. The maximum absolute atomic E-state index is 12.6. The van der Waals surface area contributed by atoms with Gasteiger partial charge in [0.2, 0.25) is 26.0 Å². The molecule has 0 atom stereocenters. The highest BCUT2D eigenvalue weighted by molar-refractivity contribution is 7.94. The molecular formula is C15H23N3O5S2. The van der Waals surface area contributed by atoms with Crippen molar-refractivity contribution in [3.63, 3.8) is 0 Å². The second kappa shape index (κ2) is 7.02. The van der Waals surface area contributed by atoms with Crippen molar-refractivity contribution in [3.05, 3.63) is 23.3 Å². The molecule has 1 aliphatic heterocycles. The van der Waals surface area contributed by atoms with Gasteiger partial charge in [0.15, 0.2) is 0 Å². The molecule has 0 saturated carbocycles. The van der Waals surface area contributed by atoms with E-state index in [-0.39, 0.29) is 29.3 Å². The number of nitrogens with zero attached hydrogens (tertiary/aromatic N) is 2. The Morgan fingerprint density at radius 1 is 1.20 bits per heavy atom. The minimum absolute atomic E-state index is 0.0629. The van der Waals surface area contributed by atoms with E-state index in [1.165, 1.54) is 12.1 Å². The zero-order valence-corrected chi connectivity index (χ0v) is 16.4. The summed E-state index contributed by atoms with van der Waals surface area (Å²) in [4.78, 5) is 13.9. The van der Waals surface area contributed by atoms with Crippen LogP contribution in [0.1, 0.15) is 17.5 Å². The number of benzene rings is 1. The summed E-state index contributed by atoms with van der Waals surface area (Å²) in [6, 6.07) is 2.85. The molecule has 1 saturated heterocycles. The van der Waals surface area contributed by atoms with Crippen molar-refractivity contribution in [3.8, 4) is 0 Å². The first-order valence-electron chi connectivity index (χ1n) is 7.77. The molecule has 0 spiro atoms. The first-order chi connectivity index (χ1) is 11.5. The molecule has 0 aliphatic carbocycles. The van der Waals surface area contributed by atoms with Crippen LogP contribution < -0.4 is 9.03 Å². The Balaban J connectivity index is 2.40. The van der Waals surface area contributed by atoms with Gasteiger partial charge in [0.25, 0.3) is 0 Å². The lowest BCUT2D eigenvalue weighted by Crippen LogP contribution is -2.32. The Kier molecular flexibility index (Phi) is 5.57. The average molecular weight is 389 g/mol. The normalized spacial score (nSPS) is 17.5. The maximum atomic E-state index is 12.6. The van der Waals surface area contributed by atoms with Crippen molar-refractivity contribution in [2.45, 2.75) is 25.2 Å². The zero-order valence-electron chi connectivity index (χ0n) is 14.7. The van der Waals surface area contributed by atoms with Crippen LogP contribution in [0.5, 0.6) is 0 Å². The minimum atomic E-state index is -3.73. The summed E-state index contributed by atoms with van der Waals surface area (Å²) in [6.07, 6.45) is -0.0629. The van der Waals surface area contributed by atoms with E-state index in [4.69, 9.17) is 0 Å². The zero-order chi connectivity index (χ0) is 19.0. The van der Waals surface area contributed by atoms with E-state index < -0.39 is 26.0 Å². The van der Waals surface area contributed by atoms with E-state index >= 15 is 0 Å². The number of anilines is 1. The summed E-state index contributed by atoms with van der Waals surface area (Å²) in [7, 11) is -3.73. The first kappa shape index (κ1) is 19.8. The Hall–Kier alpha value is -1.49. The van der Waals surface area contributed by atoms with E-state index in [0.29, 0.717) is 17.7 Å². The van der Waals surface area contributed by atoms with Crippen LogP contribution >= 0.6 is 0 Å². The highest BCUT2D eigenvalue weighted by atomic mass is 32.2. The van der Waals surface area contributed by atoms with Gasteiger partial charge in [0.05, 0.1) is 16.3 Å². The number of amides is 1. The van der Waals surface area contributed by atoms with Gasteiger partial charge >= 0.3 is 0 Å². The van der Waals surface area contributed by atoms with Crippen LogP contribution in [-0.4, -0.2) is 60.6 Å². The SMILES string of the molecule is Cc1cc(N2C(=O)CCS2(=O)=O)cc(C)c1S(=O)(=O)NCCN(C)C. The largest absolute Gasteiger partial charge is 0.308 e. The van der Waals surface area contributed by atoms with Crippen molar-refractivity contribution in [2.24, 2.45) is 0 Å². The van der Waals surface area contributed by atoms with E-state index in [1.54, 1.807) is 13.8 Å². The monoisotopic (exact) mass is 389 g/mol. The van der Waals surface area contributed by atoms with Crippen molar-refractivity contribution < 1.29 is 21.6 Å². The number of aryl methyl sites for hydroxylation is 2. The lowest BCUT2D eigenvalue weighted by molar-refractivity contribution is -0.116. The molecule has 0 radical (unpaired) electrons. The Labute approximate surface area is 148 Å². The van der Waals surface area contributed by atoms with E-state index in [1.807, 2.05) is 19.0 Å². The molecular weight excluding hydrogens is 366 g/mol. The molecule has 10 heteroatoms. The van der Waals surface area contributed by atoms with E-state index in [9.17, 15) is 21.6 Å². The molecule has 0 unspecified atom stereocenters. The summed E-state index contributed by atoms with van der Waals surface area (Å²) in [5, 5.41) is 0. The molecule has 2 rings (SSSR count). The first-order valence-corrected chi connectivity index (χ1v) is 10.9. The van der Waals surface area contributed by atoms with Crippen LogP contribution in [0.25, 0.3) is 0 Å². The van der Waals surface area contributed by atoms with Crippen LogP contribution in [0.15, 0.2) is 17.0 Å². The predicted octanol–water partition coefficient (Wildman–Crippen LogP) is 0.210. The number of carbonyl (C=O) groups excluding carboxylic acids is 1. The standard InChI is InChI=1S/C15H23N3O5S2/c1-11-9-13(18-14(19)5-8-24(18,20)21)10-12(2)15(11)25(22,23)16-6-7-17(3)4/h9-10,16H,5-8H2,1-4H3. The van der Waals surface area contributed by atoms with Gasteiger partial charge in [-0.2, -0.15) is 0 Å². The molecule has 1 N–H and O–H groups in total. The van der Waals surface area contributed by atoms with Gasteiger partial charge in [0.1, 0.15) is 0 Å². The molecule has 25 heavy (non-hydrogen) atoms. The van der Waals surface area contributed by atoms with Gasteiger partial charge in [-0.15, -0.1) is 0 Å². The van der Waals surface area contributed by atoms with Gasteiger partial charge in [-0.1, -0.05) is 0 Å². The van der Waals surface area contributed by atoms with E-state index in [2.05, 4.69) is 4.72 Å². The summed E-state index contributed by atoms with van der Waals surface area (Å²) >= 11 is 0. The number of likely N-dealkylation sites (N-methyl/N-ethyl adjacent to an activating group) is 1. The van der Waals surface area contributed by atoms with Gasteiger partial charge in [0, 0.05) is 19.5 Å². The molecule has 8 nitrogen and oxygen atoms in total. The van der Waals surface area contributed by atoms with Crippen molar-refractivity contribution in [1.82, 2.24) is 9.62 Å². The molecule has 1 fully saturated rings. The number of hydrogen-bond donors (Lipinski definition) is 1. The number of nitrogens with one attached hydrogen (secondary N) is 1. The Bertz CT molecular complexity index is 869. The number of sulfonamides is 2. The molecule has 140 valence electrons. The topological polar surface area (TPSA) is 104 Å². The molecule has 1 heterocycles. The van der Waals surface area contributed by atoms with Crippen LogP contribution in [0.4, 0.5) is 5.69 Å². The third-order valence-corrected chi connectivity index (χ3v) is 7.33. The molecule has 0 aromatic heterocycles. The fraction of sp³-hybridized carbons (Fsp3) is 0.533. The number of hydrogen-bond acceptors (Lipinski definition) is 6. The second-order valence-corrected chi connectivity index (χ2v) is 9.97. The lowest BCUT2D eigenvalue weighted by Gasteiger charge is -2.19. The Morgan fingerprint density at radius 3 is 2.20 bits per heavy atom. The highest BCUT2D eigenvalue weighted by Gasteiger charge is 2.37. The summed E-state index contributed by atoms with van der Waals surface area (Å²) in [5.41, 5.74) is 0.967. The van der Waals surface area contributed by atoms with Gasteiger partial charge in [-0.05, 0) is 51.2 Å². The lowest BCUT2D eigenvalue weighted by atomic mass is 10.1. The van der Waals surface area contributed by atoms with Crippen molar-refractivity contribution in [1.29, 1.82) is 0 Å². The summed E-state index contributed by atoms with van der Waals surface area (Å²) in [6.45, 7) is 3.99. The highest BCUT2D eigenvalue weighted by Crippen LogP contribution is 2.31. The number of carbonyl (C=O) groups is 1. The smallest absolute Gasteiger partial charge is 0.242 e. The third kappa shape index (κ3) is 4.20. The van der Waals surface area contributed by atoms with Gasteiger partial charge in [-0.25, -0.2) is 25.9 Å². The fourth-order valence-corrected chi connectivity index (χ4v) is 5.73. The molecule has 1 aromatic carbocycles. The van der Waals surface area contributed by atoms with Crippen LogP contribution in [0.2, 0.25) is 0 Å². The summed E-state index contributed by atoms with van der Waals surface area (Å²) in [5.74, 6) is -0.727. The Morgan fingerprint density at radius 2 is 1.76 bits per heavy atom. The minimum Gasteiger partial charge on any atom is -0.308 e. The van der Waals surface area contributed by atoms with Gasteiger partial charge in [-0.3, -0.25) is 4.79 Å². The van der Waals surface area contributed by atoms with E-state index in [0.717, 1.165) is 4.31 Å². The molecule has 0 bridgehead atoms. The summed E-state index contributed by atoms with van der Waals surface area (Å²) < 4.78 is 52.5. The predicted molar refractivity (Wildman–Crippen MR) is 95.5 cm³/mol. The van der Waals surface area contributed by atoms with Gasteiger partial charge < -0.3 is 4.90 Å². The van der Waals surface area contributed by atoms with Crippen molar-refractivity contribution in [2.75, 3.05) is 37.2 Å². The third-order valence-electron chi connectivity index (χ3n) is 3.88. The van der Waals surface area contributed by atoms with Crippen LogP contribution in [0, 0.1) is 13.8 Å². The molecule has 1 amide bonds. The quantitative estimate of drug-likeness (QED) is 0.746. The fourth-order valence-electron chi connectivity index (χ4n) is 2.81. The molecule has 1 aromatic rings. The van der Waals surface area contributed by atoms with Crippen LogP contribution in [-0.2, 0) is 24.8 Å². The second-order valence-electron chi connectivity index (χ2n) is 6.33. The molecule has 1 aliphatic rings. The number of rotatable bonds is 6.